The van der Waals surface area contributed by atoms with E-state index in [2.05, 4.69) is 48.3 Å². The summed E-state index contributed by atoms with van der Waals surface area (Å²) >= 11 is 0. The minimum atomic E-state index is 0.696. The molecule has 0 saturated carbocycles. The first-order valence-electron chi connectivity index (χ1n) is 5.35. The fourth-order valence-electron chi connectivity index (χ4n) is 1.95. The third kappa shape index (κ3) is 1.75. The number of nitrogens with zero attached hydrogens (tertiary/aromatic N) is 1. The number of benzene rings is 1. The van der Waals surface area contributed by atoms with Crippen LogP contribution >= 0.6 is 0 Å². The lowest BCUT2D eigenvalue weighted by Gasteiger charge is -2.39. The number of hydrogen-bond acceptors (Lipinski definition) is 2. The molecule has 1 aliphatic rings. The number of hydrogen-bond donors (Lipinski definition) is 1. The van der Waals surface area contributed by atoms with Crippen molar-refractivity contribution < 1.29 is 0 Å². The van der Waals surface area contributed by atoms with Gasteiger partial charge in [0.25, 0.3) is 0 Å². The zero-order valence-corrected chi connectivity index (χ0v) is 8.96. The van der Waals surface area contributed by atoms with E-state index in [4.69, 9.17) is 0 Å². The quantitative estimate of drug-likeness (QED) is 0.781. The predicted octanol–water partition coefficient (Wildman–Crippen LogP) is 1.79. The average Bonchev–Trinajstić information content (AvgIpc) is 2.10. The zero-order chi connectivity index (χ0) is 9.97. The summed E-state index contributed by atoms with van der Waals surface area (Å²) in [6, 6.07) is 9.45. The molecular weight excluding hydrogens is 172 g/mol. The Bertz CT molecular complexity index is 305. The molecule has 76 valence electrons. The molecule has 1 saturated heterocycles. The summed E-state index contributed by atoms with van der Waals surface area (Å²) in [4.78, 5) is 2.48. The largest absolute Gasteiger partial charge is 0.366 e. The number of likely N-dealkylation sites (N-methyl/N-ethyl adjacent to an activating group) is 1. The maximum absolute atomic E-state index is 3.32. The summed E-state index contributed by atoms with van der Waals surface area (Å²) in [5.41, 5.74) is 2.70. The van der Waals surface area contributed by atoms with E-state index in [-0.39, 0.29) is 0 Å². The fourth-order valence-corrected chi connectivity index (χ4v) is 1.95. The van der Waals surface area contributed by atoms with Gasteiger partial charge in [0.1, 0.15) is 0 Å². The van der Waals surface area contributed by atoms with Crippen LogP contribution in [0.1, 0.15) is 12.5 Å². The topological polar surface area (TPSA) is 15.3 Å². The molecule has 0 bridgehead atoms. The Kier molecular flexibility index (Phi) is 2.73. The fraction of sp³-hybridized carbons (Fsp3) is 0.500. The third-order valence-electron chi connectivity index (χ3n) is 2.87. The van der Waals surface area contributed by atoms with Gasteiger partial charge in [-0.3, -0.25) is 0 Å². The molecule has 0 aromatic heterocycles. The van der Waals surface area contributed by atoms with Crippen LogP contribution < -0.4 is 10.2 Å². The van der Waals surface area contributed by atoms with E-state index in [0.717, 1.165) is 19.6 Å². The molecular formula is C12H18N2. The number of aryl methyl sites for hydroxylation is 1. The van der Waals surface area contributed by atoms with Gasteiger partial charge in [0.15, 0.2) is 0 Å². The highest BCUT2D eigenvalue weighted by Crippen LogP contribution is 2.19. The Morgan fingerprint density at radius 1 is 1.43 bits per heavy atom. The van der Waals surface area contributed by atoms with Crippen LogP contribution in [-0.2, 0) is 0 Å². The van der Waals surface area contributed by atoms with E-state index in [1.54, 1.807) is 0 Å². The molecule has 0 spiro atoms. The molecule has 1 heterocycles. The van der Waals surface area contributed by atoms with Crippen molar-refractivity contribution >= 4 is 5.69 Å². The Balaban J connectivity index is 2.17. The number of rotatable bonds is 3. The van der Waals surface area contributed by atoms with E-state index < -0.39 is 0 Å². The van der Waals surface area contributed by atoms with Crippen LogP contribution in [0.2, 0.25) is 0 Å². The van der Waals surface area contributed by atoms with Crippen LogP contribution in [0.4, 0.5) is 5.69 Å². The standard InChI is InChI=1S/C12H18N2/c1-3-14(12-8-13-9-12)11-6-4-5-10(2)7-11/h4-7,12-13H,3,8-9H2,1-2H3. The lowest BCUT2D eigenvalue weighted by molar-refractivity contribution is 0.417. The van der Waals surface area contributed by atoms with E-state index in [0.29, 0.717) is 6.04 Å². The second-order valence-corrected chi connectivity index (χ2v) is 3.94. The van der Waals surface area contributed by atoms with Gasteiger partial charge in [-0.2, -0.15) is 0 Å². The highest BCUT2D eigenvalue weighted by molar-refractivity contribution is 5.49. The minimum absolute atomic E-state index is 0.696. The number of anilines is 1. The molecule has 1 aromatic carbocycles. The van der Waals surface area contributed by atoms with E-state index in [1.807, 2.05) is 0 Å². The summed E-state index contributed by atoms with van der Waals surface area (Å²) in [7, 11) is 0. The zero-order valence-electron chi connectivity index (χ0n) is 8.96. The summed E-state index contributed by atoms with van der Waals surface area (Å²) in [5, 5.41) is 3.32. The van der Waals surface area contributed by atoms with Crippen molar-refractivity contribution in [1.29, 1.82) is 0 Å². The van der Waals surface area contributed by atoms with Gasteiger partial charge in [-0.05, 0) is 31.5 Å². The molecule has 2 nitrogen and oxygen atoms in total. The first-order valence-corrected chi connectivity index (χ1v) is 5.35. The van der Waals surface area contributed by atoms with Gasteiger partial charge >= 0.3 is 0 Å². The molecule has 0 amide bonds. The van der Waals surface area contributed by atoms with Gasteiger partial charge in [-0.15, -0.1) is 0 Å². The second kappa shape index (κ2) is 4.01. The maximum atomic E-state index is 3.32. The van der Waals surface area contributed by atoms with Crippen molar-refractivity contribution in [3.63, 3.8) is 0 Å². The molecule has 0 radical (unpaired) electrons. The van der Waals surface area contributed by atoms with Gasteiger partial charge in [-0.25, -0.2) is 0 Å². The molecule has 0 unspecified atom stereocenters. The van der Waals surface area contributed by atoms with Crippen LogP contribution in [-0.4, -0.2) is 25.7 Å². The lowest BCUT2D eigenvalue weighted by atomic mass is 10.1. The smallest absolute Gasteiger partial charge is 0.0538 e. The van der Waals surface area contributed by atoms with Gasteiger partial charge < -0.3 is 10.2 Å². The van der Waals surface area contributed by atoms with Gasteiger partial charge in [0, 0.05) is 25.3 Å². The van der Waals surface area contributed by atoms with E-state index in [9.17, 15) is 0 Å². The highest BCUT2D eigenvalue weighted by atomic mass is 15.2. The monoisotopic (exact) mass is 190 g/mol. The Morgan fingerprint density at radius 2 is 2.21 bits per heavy atom. The van der Waals surface area contributed by atoms with Crippen LogP contribution in [0.5, 0.6) is 0 Å². The Hall–Kier alpha value is -1.02. The lowest BCUT2D eigenvalue weighted by Crippen LogP contribution is -2.57. The number of nitrogens with one attached hydrogen (secondary N) is 1. The molecule has 2 heteroatoms. The first-order chi connectivity index (χ1) is 6.81. The molecule has 1 fully saturated rings. The van der Waals surface area contributed by atoms with Gasteiger partial charge in [-0.1, -0.05) is 12.1 Å². The Labute approximate surface area is 85.9 Å². The van der Waals surface area contributed by atoms with E-state index in [1.165, 1.54) is 11.3 Å². The van der Waals surface area contributed by atoms with Gasteiger partial charge in [0.05, 0.1) is 6.04 Å². The van der Waals surface area contributed by atoms with Crippen molar-refractivity contribution in [3.05, 3.63) is 29.8 Å². The average molecular weight is 190 g/mol. The summed E-state index contributed by atoms with van der Waals surface area (Å²) in [6.45, 7) is 7.72. The van der Waals surface area contributed by atoms with Crippen molar-refractivity contribution in [3.8, 4) is 0 Å². The second-order valence-electron chi connectivity index (χ2n) is 3.94. The van der Waals surface area contributed by atoms with Crippen molar-refractivity contribution in [2.24, 2.45) is 0 Å². The van der Waals surface area contributed by atoms with Crippen LogP contribution in [0.15, 0.2) is 24.3 Å². The van der Waals surface area contributed by atoms with Gasteiger partial charge in [0.2, 0.25) is 0 Å². The summed E-state index contributed by atoms with van der Waals surface area (Å²) in [5.74, 6) is 0. The van der Waals surface area contributed by atoms with E-state index >= 15 is 0 Å². The summed E-state index contributed by atoms with van der Waals surface area (Å²) in [6.07, 6.45) is 0. The molecule has 0 aliphatic carbocycles. The molecule has 0 atom stereocenters. The normalized spacial score (nSPS) is 16.4. The molecule has 14 heavy (non-hydrogen) atoms. The van der Waals surface area contributed by atoms with Crippen molar-refractivity contribution in [2.45, 2.75) is 19.9 Å². The molecule has 1 N–H and O–H groups in total. The predicted molar refractivity (Wildman–Crippen MR) is 60.9 cm³/mol. The van der Waals surface area contributed by atoms with Crippen LogP contribution in [0.3, 0.4) is 0 Å². The third-order valence-corrected chi connectivity index (χ3v) is 2.87. The van der Waals surface area contributed by atoms with Crippen LogP contribution in [0, 0.1) is 6.92 Å². The highest BCUT2D eigenvalue weighted by Gasteiger charge is 2.23. The minimum Gasteiger partial charge on any atom is -0.366 e. The van der Waals surface area contributed by atoms with Crippen LogP contribution in [0.25, 0.3) is 0 Å². The first kappa shape index (κ1) is 9.53. The molecule has 1 aromatic rings. The maximum Gasteiger partial charge on any atom is 0.0538 e. The Morgan fingerprint density at radius 3 is 2.71 bits per heavy atom. The molecule has 1 aliphatic heterocycles. The molecule has 2 rings (SSSR count). The summed E-state index contributed by atoms with van der Waals surface area (Å²) < 4.78 is 0. The van der Waals surface area contributed by atoms with Crippen molar-refractivity contribution in [2.75, 3.05) is 24.5 Å². The van der Waals surface area contributed by atoms with Crippen molar-refractivity contribution in [1.82, 2.24) is 5.32 Å². The SMILES string of the molecule is CCN(c1cccc(C)c1)C1CNC1.